The molecule has 10 heteroatoms. The van der Waals surface area contributed by atoms with Gasteiger partial charge in [-0.05, 0) is 6.07 Å². The van der Waals surface area contributed by atoms with Crippen LogP contribution in [0.2, 0.25) is 0 Å². The molecule has 0 heterocycles. The molecule has 0 spiro atoms. The average Bonchev–Trinajstić information content (AvgIpc) is 2.37. The van der Waals surface area contributed by atoms with Crippen LogP contribution in [0, 0.1) is 15.9 Å². The van der Waals surface area contributed by atoms with Gasteiger partial charge in [-0.1, -0.05) is 0 Å². The molecular formula is C11H12F3N3O4. The van der Waals surface area contributed by atoms with Crippen molar-refractivity contribution in [2.45, 2.75) is 6.43 Å². The van der Waals surface area contributed by atoms with Crippen molar-refractivity contribution in [3.05, 3.63) is 33.6 Å². The summed E-state index contributed by atoms with van der Waals surface area (Å²) in [5.41, 5.74) is 3.05. The van der Waals surface area contributed by atoms with Crippen LogP contribution >= 0.6 is 0 Å². The van der Waals surface area contributed by atoms with E-state index < -0.39 is 59.7 Å². The van der Waals surface area contributed by atoms with E-state index in [1.165, 1.54) is 0 Å². The lowest BCUT2D eigenvalue weighted by Crippen LogP contribution is -2.38. The highest BCUT2D eigenvalue weighted by Gasteiger charge is 2.28. The number of nitro benzene ring substituents is 1. The van der Waals surface area contributed by atoms with Gasteiger partial charge < -0.3 is 15.7 Å². The molecule has 0 atom stereocenters. The Labute approximate surface area is 116 Å². The van der Waals surface area contributed by atoms with Crippen molar-refractivity contribution in [2.24, 2.45) is 0 Å². The van der Waals surface area contributed by atoms with Crippen LogP contribution in [0.1, 0.15) is 10.4 Å². The molecule has 0 fully saturated rings. The molecule has 1 amide bonds. The Balaban J connectivity index is 3.26. The largest absolute Gasteiger partial charge is 0.395 e. The first-order chi connectivity index (χ1) is 9.79. The number of aliphatic hydroxyl groups excluding tert-OH is 1. The Bertz CT molecular complexity index is 554. The number of carbonyl (C=O) groups is 1. The van der Waals surface area contributed by atoms with Gasteiger partial charge in [0, 0.05) is 12.6 Å². The van der Waals surface area contributed by atoms with Crippen LogP contribution < -0.4 is 5.73 Å². The highest BCUT2D eigenvalue weighted by Crippen LogP contribution is 2.28. The van der Waals surface area contributed by atoms with Crippen molar-refractivity contribution in [3.63, 3.8) is 0 Å². The lowest BCUT2D eigenvalue weighted by molar-refractivity contribution is -0.384. The van der Waals surface area contributed by atoms with Gasteiger partial charge in [0.2, 0.25) is 0 Å². The number of hydrogen-bond acceptors (Lipinski definition) is 5. The Kier molecular flexibility index (Phi) is 5.47. The van der Waals surface area contributed by atoms with Gasteiger partial charge in [0.15, 0.2) is 0 Å². The van der Waals surface area contributed by atoms with E-state index in [4.69, 9.17) is 10.8 Å². The van der Waals surface area contributed by atoms with Gasteiger partial charge in [0.1, 0.15) is 17.1 Å². The van der Waals surface area contributed by atoms with Crippen molar-refractivity contribution < 1.29 is 28.0 Å². The minimum Gasteiger partial charge on any atom is -0.395 e. The number of halogens is 3. The zero-order chi connectivity index (χ0) is 16.2. The first kappa shape index (κ1) is 16.7. The van der Waals surface area contributed by atoms with Crippen molar-refractivity contribution in [1.29, 1.82) is 0 Å². The second-order valence-corrected chi connectivity index (χ2v) is 3.98. The Hall–Kier alpha value is -2.36. The molecule has 0 bridgehead atoms. The van der Waals surface area contributed by atoms with Gasteiger partial charge in [0.25, 0.3) is 18.0 Å². The smallest absolute Gasteiger partial charge is 0.293 e. The first-order valence-corrected chi connectivity index (χ1v) is 5.70. The normalized spacial score (nSPS) is 10.7. The summed E-state index contributed by atoms with van der Waals surface area (Å²) in [6.07, 6.45) is -2.91. The molecule has 0 saturated heterocycles. The highest BCUT2D eigenvalue weighted by atomic mass is 19.3. The number of benzene rings is 1. The molecule has 0 radical (unpaired) electrons. The number of hydrogen-bond donors (Lipinski definition) is 2. The van der Waals surface area contributed by atoms with Crippen LogP contribution in [-0.4, -0.2) is 47.0 Å². The molecule has 1 rings (SSSR count). The fourth-order valence-electron chi connectivity index (χ4n) is 1.68. The number of nitro groups is 1. The summed E-state index contributed by atoms with van der Waals surface area (Å²) in [4.78, 5) is 22.3. The molecule has 3 N–H and O–H groups in total. The van der Waals surface area contributed by atoms with Crippen LogP contribution in [0.3, 0.4) is 0 Å². The number of rotatable bonds is 6. The summed E-state index contributed by atoms with van der Waals surface area (Å²) >= 11 is 0. The quantitative estimate of drug-likeness (QED) is 0.463. The second kappa shape index (κ2) is 6.88. The molecule has 1 aromatic carbocycles. The SMILES string of the molecule is Nc1c([N+](=O)[O-])ccc(F)c1C(=O)N(CCO)CC(F)F. The maximum atomic E-state index is 13.7. The molecule has 0 aliphatic rings. The summed E-state index contributed by atoms with van der Waals surface area (Å²) in [7, 11) is 0. The zero-order valence-electron chi connectivity index (χ0n) is 10.6. The van der Waals surface area contributed by atoms with Crippen molar-refractivity contribution >= 4 is 17.3 Å². The Morgan fingerprint density at radius 3 is 2.57 bits per heavy atom. The van der Waals surface area contributed by atoms with Crippen LogP contribution in [-0.2, 0) is 0 Å². The van der Waals surface area contributed by atoms with Crippen LogP contribution in [0.15, 0.2) is 12.1 Å². The molecule has 1 aromatic rings. The molecule has 0 saturated carbocycles. The summed E-state index contributed by atoms with van der Waals surface area (Å²) in [5.74, 6) is -2.41. The Morgan fingerprint density at radius 1 is 1.48 bits per heavy atom. The van der Waals surface area contributed by atoms with E-state index in [-0.39, 0.29) is 0 Å². The third-order valence-corrected chi connectivity index (χ3v) is 2.60. The summed E-state index contributed by atoms with van der Waals surface area (Å²) < 4.78 is 38.5. The number of carbonyl (C=O) groups excluding carboxylic acids is 1. The molecule has 116 valence electrons. The van der Waals surface area contributed by atoms with E-state index in [2.05, 4.69) is 0 Å². The van der Waals surface area contributed by atoms with Gasteiger partial charge in [0.05, 0.1) is 18.1 Å². The number of anilines is 1. The van der Waals surface area contributed by atoms with Gasteiger partial charge in [-0.2, -0.15) is 0 Å². The first-order valence-electron chi connectivity index (χ1n) is 5.70. The van der Waals surface area contributed by atoms with E-state index in [0.29, 0.717) is 11.0 Å². The van der Waals surface area contributed by atoms with E-state index in [1.54, 1.807) is 0 Å². The molecule has 0 aromatic heterocycles. The lowest BCUT2D eigenvalue weighted by Gasteiger charge is -2.22. The summed E-state index contributed by atoms with van der Waals surface area (Å²) in [5, 5.41) is 19.5. The van der Waals surface area contributed by atoms with E-state index in [1.807, 2.05) is 0 Å². The fraction of sp³-hybridized carbons (Fsp3) is 0.364. The average molecular weight is 307 g/mol. The van der Waals surface area contributed by atoms with Crippen molar-refractivity contribution in [1.82, 2.24) is 4.90 Å². The fourth-order valence-corrected chi connectivity index (χ4v) is 1.68. The summed E-state index contributed by atoms with van der Waals surface area (Å²) in [6, 6.07) is 1.42. The number of amides is 1. The lowest BCUT2D eigenvalue weighted by atomic mass is 10.1. The topological polar surface area (TPSA) is 110 Å². The van der Waals surface area contributed by atoms with Crippen molar-refractivity contribution in [2.75, 3.05) is 25.4 Å². The standard InChI is InChI=1S/C11H12F3N3O4/c12-6-1-2-7(17(20)21)10(15)9(6)11(19)16(3-4-18)5-8(13)14/h1-2,8,18H,3-5,15H2. The van der Waals surface area contributed by atoms with Gasteiger partial charge in [-0.3, -0.25) is 14.9 Å². The maximum absolute atomic E-state index is 13.7. The molecular weight excluding hydrogens is 295 g/mol. The predicted octanol–water partition coefficient (Wildman–Crippen LogP) is 1.02. The van der Waals surface area contributed by atoms with Gasteiger partial charge >= 0.3 is 0 Å². The van der Waals surface area contributed by atoms with E-state index in [0.717, 1.165) is 6.07 Å². The molecule has 0 unspecified atom stereocenters. The van der Waals surface area contributed by atoms with Crippen LogP contribution in [0.25, 0.3) is 0 Å². The number of alkyl halides is 2. The van der Waals surface area contributed by atoms with Crippen molar-refractivity contribution in [3.8, 4) is 0 Å². The Morgan fingerprint density at radius 2 is 2.10 bits per heavy atom. The molecule has 7 nitrogen and oxygen atoms in total. The predicted molar refractivity (Wildman–Crippen MR) is 66.5 cm³/mol. The van der Waals surface area contributed by atoms with Gasteiger partial charge in [-0.15, -0.1) is 0 Å². The minimum atomic E-state index is -2.91. The van der Waals surface area contributed by atoms with E-state index >= 15 is 0 Å². The second-order valence-electron chi connectivity index (χ2n) is 3.98. The highest BCUT2D eigenvalue weighted by molar-refractivity contribution is 6.01. The number of nitrogens with zero attached hydrogens (tertiary/aromatic N) is 2. The van der Waals surface area contributed by atoms with Crippen LogP contribution in [0.4, 0.5) is 24.5 Å². The zero-order valence-corrected chi connectivity index (χ0v) is 10.6. The van der Waals surface area contributed by atoms with Crippen LogP contribution in [0.5, 0.6) is 0 Å². The third-order valence-electron chi connectivity index (χ3n) is 2.60. The van der Waals surface area contributed by atoms with Gasteiger partial charge in [-0.25, -0.2) is 13.2 Å². The monoisotopic (exact) mass is 307 g/mol. The molecule has 21 heavy (non-hydrogen) atoms. The number of nitrogen functional groups attached to an aromatic ring is 1. The van der Waals surface area contributed by atoms with E-state index in [9.17, 15) is 28.1 Å². The number of nitrogens with two attached hydrogens (primary N) is 1. The molecule has 0 aliphatic carbocycles. The minimum absolute atomic E-state index is 0.475. The molecule has 0 aliphatic heterocycles. The summed E-state index contributed by atoms with van der Waals surface area (Å²) in [6.45, 7) is -2.17. The number of aliphatic hydroxyl groups is 1. The maximum Gasteiger partial charge on any atom is 0.293 e. The third kappa shape index (κ3) is 3.81.